The van der Waals surface area contributed by atoms with Crippen LogP contribution in [0.3, 0.4) is 0 Å². The zero-order chi connectivity index (χ0) is 12.3. The van der Waals surface area contributed by atoms with Crippen LogP contribution < -0.4 is 9.80 Å². The molecule has 0 fully saturated rings. The van der Waals surface area contributed by atoms with Crippen LogP contribution in [0.5, 0.6) is 0 Å². The minimum absolute atomic E-state index is 0.859. The van der Waals surface area contributed by atoms with Gasteiger partial charge in [0.05, 0.1) is 20.4 Å². The topological polar surface area (TPSA) is 6.48 Å². The third-order valence-electron chi connectivity index (χ3n) is 2.95. The van der Waals surface area contributed by atoms with E-state index in [1.165, 1.54) is 12.8 Å². The highest BCUT2D eigenvalue weighted by atomic mass is 32.1. The van der Waals surface area contributed by atoms with E-state index in [-0.39, 0.29) is 0 Å². The van der Waals surface area contributed by atoms with E-state index in [1.54, 1.807) is 0 Å². The van der Waals surface area contributed by atoms with E-state index in [0.717, 1.165) is 33.5 Å². The first kappa shape index (κ1) is 13.6. The van der Waals surface area contributed by atoms with Crippen molar-refractivity contribution in [2.45, 2.75) is 26.7 Å². The highest BCUT2D eigenvalue weighted by Gasteiger charge is 2.20. The van der Waals surface area contributed by atoms with Crippen molar-refractivity contribution >= 4 is 35.8 Å². The van der Waals surface area contributed by atoms with E-state index >= 15 is 0 Å². The van der Waals surface area contributed by atoms with Crippen LogP contribution in [0, 0.1) is 9.02 Å². The lowest BCUT2D eigenvalue weighted by Gasteiger charge is -2.30. The van der Waals surface area contributed by atoms with Crippen molar-refractivity contribution in [2.75, 3.05) is 37.0 Å². The Bertz CT molecular complexity index is 419. The molecule has 0 spiro atoms. The lowest BCUT2D eigenvalue weighted by molar-refractivity contribution is 0.762. The molecular weight excluding hydrogens is 236 g/mol. The minimum Gasteiger partial charge on any atom is -0.372 e. The normalized spacial score (nSPS) is 10.8. The molecule has 0 radical (unpaired) electrons. The second kappa shape index (κ2) is 5.73. The second-order valence-electron chi connectivity index (χ2n) is 4.14. The molecule has 0 aliphatic heterocycles. The summed E-state index contributed by atoms with van der Waals surface area (Å²) in [6.07, 6.45) is 2.40. The van der Waals surface area contributed by atoms with Gasteiger partial charge >= 0.3 is 0 Å². The lowest BCUT2D eigenvalue weighted by atomic mass is 10.1. The highest BCUT2D eigenvalue weighted by Crippen LogP contribution is 2.37. The molecule has 0 saturated carbocycles. The van der Waals surface area contributed by atoms with E-state index in [4.69, 9.17) is 24.4 Å². The zero-order valence-corrected chi connectivity index (χ0v) is 12.2. The largest absolute Gasteiger partial charge is 0.372 e. The molecule has 0 atom stereocenters. The maximum absolute atomic E-state index is 5.33. The van der Waals surface area contributed by atoms with E-state index in [0.29, 0.717) is 0 Å². The van der Waals surface area contributed by atoms with Gasteiger partial charge in [-0.3, -0.25) is 0 Å². The van der Waals surface area contributed by atoms with Crippen molar-refractivity contribution in [3.63, 3.8) is 0 Å². The number of anilines is 2. The summed E-state index contributed by atoms with van der Waals surface area (Å²) < 4.78 is 1.72. The smallest absolute Gasteiger partial charge is 0.0834 e. The van der Waals surface area contributed by atoms with Crippen LogP contribution in [0.25, 0.3) is 0 Å². The van der Waals surface area contributed by atoms with E-state index in [1.807, 2.05) is 0 Å². The molecular formula is C12H20N2S2. The van der Waals surface area contributed by atoms with Gasteiger partial charge in [-0.2, -0.15) is 0 Å². The molecule has 0 amide bonds. The van der Waals surface area contributed by atoms with Crippen molar-refractivity contribution in [3.8, 4) is 0 Å². The van der Waals surface area contributed by atoms with Gasteiger partial charge in [-0.15, -0.1) is 0 Å². The first-order chi connectivity index (χ1) is 7.54. The summed E-state index contributed by atoms with van der Waals surface area (Å²) in [6.45, 7) is 6.34. The molecule has 0 aromatic heterocycles. The van der Waals surface area contributed by atoms with Crippen LogP contribution in [-0.2, 0) is 0 Å². The number of hydrogen-bond acceptors (Lipinski definition) is 4. The van der Waals surface area contributed by atoms with Gasteiger partial charge < -0.3 is 9.80 Å². The van der Waals surface area contributed by atoms with Gasteiger partial charge in [0.15, 0.2) is 0 Å². The summed E-state index contributed by atoms with van der Waals surface area (Å²) in [5, 5.41) is 0. The molecule has 1 aromatic rings. The quantitative estimate of drug-likeness (QED) is 0.715. The molecule has 0 heterocycles. The Morgan fingerprint density at radius 2 is 1.44 bits per heavy atom. The van der Waals surface area contributed by atoms with E-state index < -0.39 is 0 Å². The second-order valence-corrected chi connectivity index (χ2v) is 4.96. The van der Waals surface area contributed by atoms with Crippen LogP contribution in [-0.4, -0.2) is 27.2 Å². The maximum Gasteiger partial charge on any atom is 0.0834 e. The summed E-state index contributed by atoms with van der Waals surface area (Å²) >= 11 is 10.6. The third-order valence-corrected chi connectivity index (χ3v) is 3.87. The predicted octanol–water partition coefficient (Wildman–Crippen LogP) is 3.71. The molecule has 16 heavy (non-hydrogen) atoms. The first-order valence-electron chi connectivity index (χ1n) is 5.80. The van der Waals surface area contributed by atoms with Crippen molar-refractivity contribution in [1.29, 1.82) is 0 Å². The summed E-state index contributed by atoms with van der Waals surface area (Å²) in [5.74, 6) is 0. The van der Waals surface area contributed by atoms with Gasteiger partial charge in [-0.25, -0.2) is 0 Å². The Hall–Kier alpha value is -0.480. The van der Waals surface area contributed by atoms with Gasteiger partial charge in [0, 0.05) is 27.2 Å². The van der Waals surface area contributed by atoms with Gasteiger partial charge in [0.25, 0.3) is 0 Å². The summed E-state index contributed by atoms with van der Waals surface area (Å²) in [5.41, 5.74) is 2.32. The summed E-state index contributed by atoms with van der Waals surface area (Å²) in [4.78, 5) is 4.42. The van der Waals surface area contributed by atoms with Crippen molar-refractivity contribution in [3.05, 3.63) is 9.02 Å². The lowest BCUT2D eigenvalue weighted by Crippen LogP contribution is -2.26. The molecule has 0 unspecified atom stereocenters. The van der Waals surface area contributed by atoms with Crippen LogP contribution in [0.15, 0.2) is 0 Å². The molecule has 2 nitrogen and oxygen atoms in total. The molecule has 1 rings (SSSR count). The highest BCUT2D eigenvalue weighted by molar-refractivity contribution is 7.74. The van der Waals surface area contributed by atoms with Crippen LogP contribution in [0.4, 0.5) is 11.4 Å². The fraction of sp³-hybridized carbons (Fsp3) is 0.667. The van der Waals surface area contributed by atoms with Gasteiger partial charge in [0.2, 0.25) is 0 Å². The number of nitrogens with zero attached hydrogens (tertiary/aromatic N) is 2. The zero-order valence-electron chi connectivity index (χ0n) is 10.5. The molecule has 4 heteroatoms. The van der Waals surface area contributed by atoms with Crippen LogP contribution in [0.1, 0.15) is 26.7 Å². The first-order valence-corrected chi connectivity index (χ1v) is 6.61. The number of rotatable bonds is 6. The standard InChI is InChI=1S/C12H20N2S2/c1-5-7-8-14(4)10-9(13(3)6-2)11(15)12(10)16/h5-8H2,1-4H3. The Morgan fingerprint density at radius 3 is 1.88 bits per heavy atom. The average Bonchev–Trinajstić information content (AvgIpc) is 2.30. The van der Waals surface area contributed by atoms with Crippen molar-refractivity contribution in [2.24, 2.45) is 0 Å². The molecule has 0 saturated heterocycles. The molecule has 0 aliphatic carbocycles. The number of hydrogen-bond donors (Lipinski definition) is 0. The fourth-order valence-corrected chi connectivity index (χ4v) is 2.44. The third kappa shape index (κ3) is 2.43. The van der Waals surface area contributed by atoms with Crippen molar-refractivity contribution < 1.29 is 0 Å². The van der Waals surface area contributed by atoms with Crippen LogP contribution in [0.2, 0.25) is 0 Å². The fourth-order valence-electron chi connectivity index (χ4n) is 1.74. The molecule has 0 N–H and O–H groups in total. The summed E-state index contributed by atoms with van der Waals surface area (Å²) in [6, 6.07) is 0. The summed E-state index contributed by atoms with van der Waals surface area (Å²) in [7, 11) is 4.17. The molecule has 0 aliphatic rings. The number of unbranched alkanes of at least 4 members (excludes halogenated alkanes) is 1. The Kier molecular flexibility index (Phi) is 4.87. The monoisotopic (exact) mass is 256 g/mol. The SMILES string of the molecule is CCCCN(C)c1c(N(C)CC)c(=S)c1=S. The molecule has 90 valence electrons. The minimum atomic E-state index is 0.859. The molecule has 0 bridgehead atoms. The van der Waals surface area contributed by atoms with E-state index in [9.17, 15) is 0 Å². The molecule has 1 aromatic carbocycles. The maximum atomic E-state index is 5.33. The Morgan fingerprint density at radius 1 is 0.938 bits per heavy atom. The Labute approximate surface area is 109 Å². The predicted molar refractivity (Wildman–Crippen MR) is 77.6 cm³/mol. The van der Waals surface area contributed by atoms with Gasteiger partial charge in [-0.05, 0) is 13.3 Å². The van der Waals surface area contributed by atoms with Gasteiger partial charge in [0.1, 0.15) is 0 Å². The van der Waals surface area contributed by atoms with Crippen molar-refractivity contribution in [1.82, 2.24) is 0 Å². The average molecular weight is 256 g/mol. The Balaban J connectivity index is 2.92. The van der Waals surface area contributed by atoms with E-state index in [2.05, 4.69) is 37.7 Å². The van der Waals surface area contributed by atoms with Crippen LogP contribution >= 0.6 is 24.4 Å². The van der Waals surface area contributed by atoms with Gasteiger partial charge in [-0.1, -0.05) is 37.8 Å².